The zero-order chi connectivity index (χ0) is 19.5. The molecule has 1 aliphatic rings. The lowest BCUT2D eigenvalue weighted by atomic mass is 10.2. The predicted octanol–water partition coefficient (Wildman–Crippen LogP) is 4.02. The van der Waals surface area contributed by atoms with Crippen LogP contribution in [0.1, 0.15) is 5.69 Å². The van der Waals surface area contributed by atoms with Crippen molar-refractivity contribution in [1.82, 2.24) is 9.97 Å². The third kappa shape index (κ3) is 3.76. The maximum Gasteiger partial charge on any atom is 0.227 e. The van der Waals surface area contributed by atoms with Crippen LogP contribution in [0.3, 0.4) is 0 Å². The first-order valence-corrected chi connectivity index (χ1v) is 9.51. The third-order valence-electron chi connectivity index (χ3n) is 5.07. The van der Waals surface area contributed by atoms with Gasteiger partial charge in [0.15, 0.2) is 0 Å². The van der Waals surface area contributed by atoms with Gasteiger partial charge < -0.3 is 14.7 Å². The van der Waals surface area contributed by atoms with E-state index in [4.69, 9.17) is 4.98 Å². The van der Waals surface area contributed by atoms with E-state index in [1.54, 1.807) is 6.07 Å². The summed E-state index contributed by atoms with van der Waals surface area (Å²) >= 11 is 0. The molecule has 1 saturated heterocycles. The second-order valence-corrected chi connectivity index (χ2v) is 6.99. The van der Waals surface area contributed by atoms with Crippen LogP contribution in [0.4, 0.5) is 27.5 Å². The Morgan fingerprint density at radius 2 is 1.50 bits per heavy atom. The summed E-state index contributed by atoms with van der Waals surface area (Å²) in [5.74, 6) is 1.42. The highest BCUT2D eigenvalue weighted by Crippen LogP contribution is 2.25. The van der Waals surface area contributed by atoms with Crippen molar-refractivity contribution in [3.05, 3.63) is 72.2 Å². The molecule has 0 N–H and O–H groups in total. The molecule has 0 amide bonds. The summed E-state index contributed by atoms with van der Waals surface area (Å²) in [6.45, 7) is 4.98. The Morgan fingerprint density at radius 3 is 2.21 bits per heavy atom. The van der Waals surface area contributed by atoms with E-state index in [2.05, 4.69) is 31.8 Å². The Morgan fingerprint density at radius 1 is 0.857 bits per heavy atom. The lowest BCUT2D eigenvalue weighted by molar-refractivity contribution is 0.593. The minimum atomic E-state index is -0.172. The lowest BCUT2D eigenvalue weighted by Gasteiger charge is -2.36. The molecule has 5 nitrogen and oxygen atoms in total. The normalized spacial score (nSPS) is 14.2. The van der Waals surface area contributed by atoms with E-state index in [9.17, 15) is 4.39 Å². The molecule has 2 heterocycles. The van der Waals surface area contributed by atoms with Gasteiger partial charge in [-0.25, -0.2) is 9.37 Å². The number of piperazine rings is 1. The van der Waals surface area contributed by atoms with Gasteiger partial charge in [-0.05, 0) is 31.2 Å². The second-order valence-electron chi connectivity index (χ2n) is 6.99. The fourth-order valence-electron chi connectivity index (χ4n) is 3.49. The van der Waals surface area contributed by atoms with Gasteiger partial charge in [-0.3, -0.25) is 0 Å². The van der Waals surface area contributed by atoms with E-state index in [-0.39, 0.29) is 5.82 Å². The molecule has 0 unspecified atom stereocenters. The predicted molar refractivity (Wildman–Crippen MR) is 112 cm³/mol. The topological polar surface area (TPSA) is 35.5 Å². The molecule has 6 heteroatoms. The Labute approximate surface area is 165 Å². The highest BCUT2D eigenvalue weighted by molar-refractivity contribution is 5.60. The van der Waals surface area contributed by atoms with E-state index < -0.39 is 0 Å². The largest absolute Gasteiger partial charge is 0.366 e. The summed E-state index contributed by atoms with van der Waals surface area (Å²) in [7, 11) is 2.01. The van der Waals surface area contributed by atoms with E-state index in [1.807, 2.05) is 50.4 Å². The Balaban J connectivity index is 1.51. The van der Waals surface area contributed by atoms with Gasteiger partial charge in [0.1, 0.15) is 11.6 Å². The molecule has 0 saturated carbocycles. The van der Waals surface area contributed by atoms with Gasteiger partial charge in [-0.15, -0.1) is 0 Å². The molecular weight excluding hydrogens is 353 g/mol. The molecule has 0 atom stereocenters. The van der Waals surface area contributed by atoms with Gasteiger partial charge >= 0.3 is 0 Å². The van der Waals surface area contributed by atoms with Crippen LogP contribution in [-0.4, -0.2) is 43.2 Å². The molecular formula is C22H24FN5. The summed E-state index contributed by atoms with van der Waals surface area (Å²) in [4.78, 5) is 15.8. The first-order valence-electron chi connectivity index (χ1n) is 9.51. The van der Waals surface area contributed by atoms with Gasteiger partial charge in [0.2, 0.25) is 5.95 Å². The molecule has 1 fully saturated rings. The van der Waals surface area contributed by atoms with Crippen molar-refractivity contribution >= 4 is 23.1 Å². The number of anilines is 4. The van der Waals surface area contributed by atoms with Crippen LogP contribution in [0.25, 0.3) is 0 Å². The molecule has 1 aliphatic heterocycles. The van der Waals surface area contributed by atoms with Crippen LogP contribution >= 0.6 is 0 Å². The van der Waals surface area contributed by atoms with Crippen LogP contribution in [0.5, 0.6) is 0 Å². The first-order chi connectivity index (χ1) is 13.6. The van der Waals surface area contributed by atoms with Crippen molar-refractivity contribution in [2.75, 3.05) is 47.9 Å². The molecule has 2 aromatic carbocycles. The van der Waals surface area contributed by atoms with Crippen molar-refractivity contribution in [3.8, 4) is 0 Å². The number of aromatic nitrogens is 2. The smallest absolute Gasteiger partial charge is 0.227 e. The minimum absolute atomic E-state index is 0.172. The second kappa shape index (κ2) is 7.84. The summed E-state index contributed by atoms with van der Waals surface area (Å²) in [5, 5.41) is 0. The van der Waals surface area contributed by atoms with Crippen molar-refractivity contribution in [1.29, 1.82) is 0 Å². The van der Waals surface area contributed by atoms with Gasteiger partial charge in [-0.1, -0.05) is 30.3 Å². The van der Waals surface area contributed by atoms with E-state index in [0.29, 0.717) is 5.69 Å². The van der Waals surface area contributed by atoms with Crippen molar-refractivity contribution in [2.45, 2.75) is 6.92 Å². The molecule has 0 spiro atoms. The molecule has 0 aliphatic carbocycles. The van der Waals surface area contributed by atoms with E-state index in [1.165, 1.54) is 6.07 Å². The Kier molecular flexibility index (Phi) is 5.10. The SMILES string of the molecule is Cc1cc(N(C)c2ccccc2)nc(N2CCN(c3ccccc3F)CC2)n1. The van der Waals surface area contributed by atoms with E-state index in [0.717, 1.165) is 49.3 Å². The molecule has 4 rings (SSSR count). The fourth-order valence-corrected chi connectivity index (χ4v) is 3.49. The van der Waals surface area contributed by atoms with Crippen LogP contribution in [0.2, 0.25) is 0 Å². The van der Waals surface area contributed by atoms with Crippen molar-refractivity contribution in [2.24, 2.45) is 0 Å². The minimum Gasteiger partial charge on any atom is -0.366 e. The van der Waals surface area contributed by atoms with Crippen molar-refractivity contribution in [3.63, 3.8) is 0 Å². The summed E-state index contributed by atoms with van der Waals surface area (Å²) < 4.78 is 14.1. The maximum atomic E-state index is 14.1. The van der Waals surface area contributed by atoms with Crippen LogP contribution < -0.4 is 14.7 Å². The number of hydrogen-bond acceptors (Lipinski definition) is 5. The Bertz CT molecular complexity index is 939. The number of para-hydroxylation sites is 2. The maximum absolute atomic E-state index is 14.1. The molecule has 28 heavy (non-hydrogen) atoms. The molecule has 0 radical (unpaired) electrons. The highest BCUT2D eigenvalue weighted by Gasteiger charge is 2.22. The number of halogens is 1. The molecule has 1 aromatic heterocycles. The van der Waals surface area contributed by atoms with Gasteiger partial charge in [-0.2, -0.15) is 4.98 Å². The highest BCUT2D eigenvalue weighted by atomic mass is 19.1. The van der Waals surface area contributed by atoms with E-state index >= 15 is 0 Å². The van der Waals surface area contributed by atoms with Crippen LogP contribution in [0.15, 0.2) is 60.7 Å². The zero-order valence-corrected chi connectivity index (χ0v) is 16.2. The number of rotatable bonds is 4. The summed E-state index contributed by atoms with van der Waals surface area (Å²) in [6.07, 6.45) is 0. The summed E-state index contributed by atoms with van der Waals surface area (Å²) in [6, 6.07) is 19.1. The Hall–Kier alpha value is -3.15. The average Bonchev–Trinajstić information content (AvgIpc) is 2.74. The number of hydrogen-bond donors (Lipinski definition) is 0. The molecule has 144 valence electrons. The zero-order valence-electron chi connectivity index (χ0n) is 16.2. The lowest BCUT2D eigenvalue weighted by Crippen LogP contribution is -2.47. The number of nitrogens with zero attached hydrogens (tertiary/aromatic N) is 5. The number of benzene rings is 2. The van der Waals surface area contributed by atoms with Gasteiger partial charge in [0.25, 0.3) is 0 Å². The standard InChI is InChI=1S/C22H24FN5/c1-17-16-21(26(2)18-8-4-3-5-9-18)25-22(24-17)28-14-12-27(13-15-28)20-11-7-6-10-19(20)23/h3-11,16H,12-15H2,1-2H3. The fraction of sp³-hybridized carbons (Fsp3) is 0.273. The number of aryl methyl sites for hydroxylation is 1. The molecule has 0 bridgehead atoms. The quantitative estimate of drug-likeness (QED) is 0.686. The van der Waals surface area contributed by atoms with Crippen molar-refractivity contribution < 1.29 is 4.39 Å². The summed E-state index contributed by atoms with van der Waals surface area (Å²) in [5.41, 5.74) is 2.67. The average molecular weight is 377 g/mol. The van der Waals surface area contributed by atoms with Gasteiger partial charge in [0.05, 0.1) is 5.69 Å². The van der Waals surface area contributed by atoms with Crippen LogP contribution in [-0.2, 0) is 0 Å². The monoisotopic (exact) mass is 377 g/mol. The molecule has 3 aromatic rings. The third-order valence-corrected chi connectivity index (χ3v) is 5.07. The first kappa shape index (κ1) is 18.2. The van der Waals surface area contributed by atoms with Crippen LogP contribution in [0, 0.1) is 12.7 Å². The van der Waals surface area contributed by atoms with Gasteiger partial charge in [0, 0.05) is 50.7 Å².